The predicted octanol–water partition coefficient (Wildman–Crippen LogP) is 2.78. The third kappa shape index (κ3) is 1.84. The molecule has 2 aliphatic carbocycles. The Kier molecular flexibility index (Phi) is 2.14. The first-order valence-electron chi connectivity index (χ1n) is 4.59. The molecule has 0 saturated heterocycles. The monoisotopic (exact) mass is 183 g/mol. The maximum atomic E-state index is 5.93. The van der Waals surface area contributed by atoms with E-state index in [1.54, 1.807) is 0 Å². The molecule has 1 nitrogen and oxygen atoms in total. The summed E-state index contributed by atoms with van der Waals surface area (Å²) in [6.07, 6.45) is 7.87. The van der Waals surface area contributed by atoms with Crippen LogP contribution in [0.1, 0.15) is 26.2 Å². The molecule has 0 aromatic rings. The van der Waals surface area contributed by atoms with Crippen LogP contribution in [0.2, 0.25) is 0 Å². The Morgan fingerprint density at radius 2 is 2.25 bits per heavy atom. The van der Waals surface area contributed by atoms with Gasteiger partial charge in [0.05, 0.1) is 0 Å². The maximum Gasteiger partial charge on any atom is 0.0383 e. The van der Waals surface area contributed by atoms with Gasteiger partial charge in [0, 0.05) is 16.8 Å². The van der Waals surface area contributed by atoms with E-state index >= 15 is 0 Å². The van der Waals surface area contributed by atoms with Crippen molar-refractivity contribution in [1.29, 1.82) is 0 Å². The highest BCUT2D eigenvalue weighted by molar-refractivity contribution is 6.31. The average Bonchev–Trinajstić information content (AvgIpc) is 2.81. The van der Waals surface area contributed by atoms with Crippen molar-refractivity contribution in [2.75, 3.05) is 0 Å². The van der Waals surface area contributed by atoms with Crippen molar-refractivity contribution < 1.29 is 0 Å². The third-order valence-electron chi connectivity index (χ3n) is 2.44. The van der Waals surface area contributed by atoms with Crippen LogP contribution >= 0.6 is 11.6 Å². The largest absolute Gasteiger partial charge is 0.385 e. The molecule has 0 aromatic carbocycles. The van der Waals surface area contributed by atoms with E-state index in [0.717, 1.165) is 17.5 Å². The Morgan fingerprint density at radius 1 is 1.50 bits per heavy atom. The average molecular weight is 184 g/mol. The van der Waals surface area contributed by atoms with Crippen molar-refractivity contribution in [3.8, 4) is 0 Å². The lowest BCUT2D eigenvalue weighted by Gasteiger charge is -2.19. The second kappa shape index (κ2) is 3.14. The van der Waals surface area contributed by atoms with Crippen LogP contribution in [0.4, 0.5) is 0 Å². The number of nitrogens with one attached hydrogen (secondary N) is 1. The van der Waals surface area contributed by atoms with Gasteiger partial charge in [0.25, 0.3) is 0 Å². The summed E-state index contributed by atoms with van der Waals surface area (Å²) in [4.78, 5) is 0. The van der Waals surface area contributed by atoms with Gasteiger partial charge in [-0.3, -0.25) is 0 Å². The molecule has 0 bridgehead atoms. The standard InChI is InChI=1S/C10H14ClN/c1-7-2-3-8(11)6-10(7)12-9-4-5-9/h3,6-7,9,12H,2,4-5H2,1H3. The highest BCUT2D eigenvalue weighted by Crippen LogP contribution is 2.28. The number of hydrogen-bond donors (Lipinski definition) is 1. The van der Waals surface area contributed by atoms with E-state index in [0.29, 0.717) is 5.92 Å². The van der Waals surface area contributed by atoms with Crippen LogP contribution in [0.5, 0.6) is 0 Å². The summed E-state index contributed by atoms with van der Waals surface area (Å²) in [5, 5.41) is 4.39. The van der Waals surface area contributed by atoms with Crippen LogP contribution in [0.15, 0.2) is 22.9 Å². The van der Waals surface area contributed by atoms with Crippen molar-refractivity contribution in [2.45, 2.75) is 32.2 Å². The molecule has 0 heterocycles. The molecule has 1 fully saturated rings. The zero-order valence-corrected chi connectivity index (χ0v) is 8.06. The fourth-order valence-corrected chi connectivity index (χ4v) is 1.62. The molecule has 2 rings (SSSR count). The summed E-state index contributed by atoms with van der Waals surface area (Å²) in [5.41, 5.74) is 1.32. The lowest BCUT2D eigenvalue weighted by atomic mass is 9.99. The molecule has 1 saturated carbocycles. The van der Waals surface area contributed by atoms with Gasteiger partial charge in [-0.25, -0.2) is 0 Å². The second-order valence-corrected chi connectivity index (χ2v) is 4.18. The van der Waals surface area contributed by atoms with Crippen LogP contribution in [0.25, 0.3) is 0 Å². The Bertz CT molecular complexity index is 238. The van der Waals surface area contributed by atoms with E-state index in [1.807, 2.05) is 0 Å². The molecule has 1 N–H and O–H groups in total. The summed E-state index contributed by atoms with van der Waals surface area (Å²) in [5.74, 6) is 0.619. The number of hydrogen-bond acceptors (Lipinski definition) is 1. The maximum absolute atomic E-state index is 5.93. The molecule has 0 amide bonds. The fourth-order valence-electron chi connectivity index (χ4n) is 1.41. The summed E-state index contributed by atoms with van der Waals surface area (Å²) in [6.45, 7) is 2.24. The summed E-state index contributed by atoms with van der Waals surface area (Å²) < 4.78 is 0. The fraction of sp³-hybridized carbons (Fsp3) is 0.600. The van der Waals surface area contributed by atoms with Gasteiger partial charge in [-0.1, -0.05) is 24.6 Å². The smallest absolute Gasteiger partial charge is 0.0383 e. The minimum absolute atomic E-state index is 0.619. The molecule has 0 spiro atoms. The molecule has 66 valence electrons. The van der Waals surface area contributed by atoms with Crippen molar-refractivity contribution in [3.63, 3.8) is 0 Å². The van der Waals surface area contributed by atoms with Crippen molar-refractivity contribution in [3.05, 3.63) is 22.9 Å². The van der Waals surface area contributed by atoms with Crippen molar-refractivity contribution in [1.82, 2.24) is 5.32 Å². The number of halogens is 1. The Balaban J connectivity index is 2.03. The minimum atomic E-state index is 0.619. The van der Waals surface area contributed by atoms with Crippen LogP contribution < -0.4 is 5.32 Å². The highest BCUT2D eigenvalue weighted by Gasteiger charge is 2.24. The van der Waals surface area contributed by atoms with Gasteiger partial charge in [-0.15, -0.1) is 0 Å². The quantitative estimate of drug-likeness (QED) is 0.695. The predicted molar refractivity (Wildman–Crippen MR) is 52.0 cm³/mol. The van der Waals surface area contributed by atoms with Crippen molar-refractivity contribution in [2.24, 2.45) is 5.92 Å². The molecule has 2 aliphatic rings. The zero-order valence-electron chi connectivity index (χ0n) is 7.31. The number of allylic oxidation sites excluding steroid dienone is 4. The molecular weight excluding hydrogens is 170 g/mol. The normalized spacial score (nSPS) is 29.3. The van der Waals surface area contributed by atoms with E-state index in [4.69, 9.17) is 11.6 Å². The van der Waals surface area contributed by atoms with E-state index < -0.39 is 0 Å². The topological polar surface area (TPSA) is 12.0 Å². The Morgan fingerprint density at radius 3 is 2.92 bits per heavy atom. The van der Waals surface area contributed by atoms with Gasteiger partial charge < -0.3 is 5.32 Å². The second-order valence-electron chi connectivity index (χ2n) is 3.74. The first-order chi connectivity index (χ1) is 5.75. The van der Waals surface area contributed by atoms with Crippen LogP contribution in [0, 0.1) is 5.92 Å². The molecule has 0 aromatic heterocycles. The first-order valence-corrected chi connectivity index (χ1v) is 4.97. The zero-order chi connectivity index (χ0) is 8.55. The molecule has 2 heteroatoms. The van der Waals surface area contributed by atoms with Gasteiger partial charge in [-0.2, -0.15) is 0 Å². The molecule has 1 unspecified atom stereocenters. The molecule has 12 heavy (non-hydrogen) atoms. The van der Waals surface area contributed by atoms with Crippen LogP contribution in [-0.4, -0.2) is 6.04 Å². The minimum Gasteiger partial charge on any atom is -0.385 e. The van der Waals surface area contributed by atoms with Crippen LogP contribution in [-0.2, 0) is 0 Å². The molecule has 0 radical (unpaired) electrons. The number of rotatable bonds is 2. The highest BCUT2D eigenvalue weighted by atomic mass is 35.5. The molecule has 0 aliphatic heterocycles. The molecule has 1 atom stereocenters. The van der Waals surface area contributed by atoms with Gasteiger partial charge in [0.1, 0.15) is 0 Å². The van der Waals surface area contributed by atoms with Gasteiger partial charge in [0.15, 0.2) is 0 Å². The Labute approximate surface area is 78.5 Å². The van der Waals surface area contributed by atoms with E-state index in [9.17, 15) is 0 Å². The van der Waals surface area contributed by atoms with Crippen LogP contribution in [0.3, 0.4) is 0 Å². The van der Waals surface area contributed by atoms with Crippen molar-refractivity contribution >= 4 is 11.6 Å². The van der Waals surface area contributed by atoms with Gasteiger partial charge in [0.2, 0.25) is 0 Å². The lowest BCUT2D eigenvalue weighted by Crippen LogP contribution is -2.22. The van der Waals surface area contributed by atoms with E-state index in [-0.39, 0.29) is 0 Å². The lowest BCUT2D eigenvalue weighted by molar-refractivity contribution is 0.601. The van der Waals surface area contributed by atoms with Gasteiger partial charge >= 0.3 is 0 Å². The first kappa shape index (κ1) is 8.18. The Hall–Kier alpha value is -0.430. The van der Waals surface area contributed by atoms with E-state index in [2.05, 4.69) is 24.4 Å². The summed E-state index contributed by atoms with van der Waals surface area (Å²) in [6, 6.07) is 0.737. The van der Waals surface area contributed by atoms with E-state index in [1.165, 1.54) is 18.5 Å². The summed E-state index contributed by atoms with van der Waals surface area (Å²) in [7, 11) is 0. The molecular formula is C10H14ClN. The SMILES string of the molecule is CC1CC=C(Cl)C=C1NC1CC1. The van der Waals surface area contributed by atoms with Gasteiger partial charge in [-0.05, 0) is 31.3 Å². The summed E-state index contributed by atoms with van der Waals surface area (Å²) >= 11 is 5.93. The third-order valence-corrected chi connectivity index (χ3v) is 2.70.